The molecule has 1 unspecified atom stereocenters. The first-order chi connectivity index (χ1) is 15.2. The molecule has 6 saturated carbocycles. The average Bonchev–Trinajstić information content (AvgIpc) is 3.44. The summed E-state index contributed by atoms with van der Waals surface area (Å²) in [6.07, 6.45) is 9.88. The van der Waals surface area contributed by atoms with Crippen molar-refractivity contribution in [3.05, 3.63) is 30.1 Å². The van der Waals surface area contributed by atoms with Gasteiger partial charge in [0.1, 0.15) is 0 Å². The minimum absolute atomic E-state index is 0.240. The summed E-state index contributed by atoms with van der Waals surface area (Å²) in [5, 5.41) is 3.20. The maximum absolute atomic E-state index is 13.5. The van der Waals surface area contributed by atoms with E-state index in [4.69, 9.17) is 0 Å². The van der Waals surface area contributed by atoms with Gasteiger partial charge in [0, 0.05) is 31.1 Å². The second kappa shape index (κ2) is 6.79. The fourth-order valence-corrected chi connectivity index (χ4v) is 8.93. The molecule has 7 rings (SSSR count). The second-order valence-corrected chi connectivity index (χ2v) is 11.4. The van der Waals surface area contributed by atoms with Gasteiger partial charge < -0.3 is 10.2 Å². The van der Waals surface area contributed by atoms with Gasteiger partial charge in [0.2, 0.25) is 11.8 Å². The SMILES string of the molecule is O=C(NCCN(Cc1ccccn1)C(=O)C1[C@@H]2[C@H]3CC[C@@H](C3)[C@H]12)C1[C@H]2[C@H]3CC[C@@H](C3)[C@H]12. The number of rotatable bonds is 7. The van der Waals surface area contributed by atoms with Crippen LogP contribution in [0.2, 0.25) is 0 Å². The Hall–Kier alpha value is -1.91. The molecule has 1 heterocycles. The molecule has 6 aliphatic carbocycles. The van der Waals surface area contributed by atoms with Crippen LogP contribution in [0, 0.1) is 59.2 Å². The maximum Gasteiger partial charge on any atom is 0.226 e. The van der Waals surface area contributed by atoms with E-state index in [-0.39, 0.29) is 17.7 Å². The third kappa shape index (κ3) is 2.84. The highest BCUT2D eigenvalue weighted by molar-refractivity contribution is 5.84. The summed E-state index contributed by atoms with van der Waals surface area (Å²) in [6, 6.07) is 5.90. The molecule has 0 radical (unpaired) electrons. The molecule has 1 aromatic heterocycles. The molecule has 5 heteroatoms. The maximum atomic E-state index is 13.5. The Morgan fingerprint density at radius 3 is 2.10 bits per heavy atom. The van der Waals surface area contributed by atoms with E-state index in [1.165, 1.54) is 38.5 Å². The van der Waals surface area contributed by atoms with Crippen molar-refractivity contribution < 1.29 is 9.59 Å². The Labute approximate surface area is 184 Å². The van der Waals surface area contributed by atoms with Crippen molar-refractivity contribution >= 4 is 11.8 Å². The number of carbonyl (C=O) groups is 2. The quantitative estimate of drug-likeness (QED) is 0.739. The zero-order chi connectivity index (χ0) is 20.7. The lowest BCUT2D eigenvalue weighted by molar-refractivity contribution is -0.134. The monoisotopic (exact) mass is 419 g/mol. The lowest BCUT2D eigenvalue weighted by atomic mass is 10.0. The molecule has 6 fully saturated rings. The van der Waals surface area contributed by atoms with Gasteiger partial charge in [0.15, 0.2) is 0 Å². The second-order valence-electron chi connectivity index (χ2n) is 11.4. The molecule has 0 spiro atoms. The predicted octanol–water partition coefficient (Wildman–Crippen LogP) is 3.11. The largest absolute Gasteiger partial charge is 0.354 e. The van der Waals surface area contributed by atoms with Crippen molar-refractivity contribution in [2.24, 2.45) is 59.2 Å². The Morgan fingerprint density at radius 1 is 0.903 bits per heavy atom. The molecule has 6 aliphatic rings. The summed E-state index contributed by atoms with van der Waals surface area (Å²) >= 11 is 0. The van der Waals surface area contributed by atoms with Crippen molar-refractivity contribution in [3.63, 3.8) is 0 Å². The van der Waals surface area contributed by atoms with Crippen LogP contribution in [0.25, 0.3) is 0 Å². The van der Waals surface area contributed by atoms with E-state index < -0.39 is 0 Å². The van der Waals surface area contributed by atoms with Crippen LogP contribution >= 0.6 is 0 Å². The van der Waals surface area contributed by atoms with Gasteiger partial charge >= 0.3 is 0 Å². The highest BCUT2D eigenvalue weighted by Gasteiger charge is 2.68. The number of hydrogen-bond acceptors (Lipinski definition) is 3. The molecule has 31 heavy (non-hydrogen) atoms. The lowest BCUT2D eigenvalue weighted by Crippen LogP contribution is -2.40. The van der Waals surface area contributed by atoms with Crippen LogP contribution in [-0.2, 0) is 16.1 Å². The third-order valence-electron chi connectivity index (χ3n) is 10.1. The van der Waals surface area contributed by atoms with Gasteiger partial charge in [-0.25, -0.2) is 0 Å². The van der Waals surface area contributed by atoms with E-state index >= 15 is 0 Å². The topological polar surface area (TPSA) is 62.3 Å². The normalized spacial score (nSPS) is 44.6. The van der Waals surface area contributed by atoms with E-state index in [1.807, 2.05) is 23.1 Å². The molecule has 0 aromatic carbocycles. The Kier molecular flexibility index (Phi) is 4.08. The minimum atomic E-state index is 0.240. The first kappa shape index (κ1) is 18.6. The highest BCUT2D eigenvalue weighted by Crippen LogP contribution is 2.70. The number of hydrogen-bond donors (Lipinski definition) is 1. The number of carbonyl (C=O) groups excluding carboxylic acids is 2. The summed E-state index contributed by atoms with van der Waals surface area (Å²) in [5.41, 5.74) is 0.934. The van der Waals surface area contributed by atoms with E-state index in [1.54, 1.807) is 6.20 Å². The zero-order valence-corrected chi connectivity index (χ0v) is 18.2. The van der Waals surface area contributed by atoms with Gasteiger partial charge in [-0.2, -0.15) is 0 Å². The average molecular weight is 420 g/mol. The number of fused-ring (bicyclic) bond motifs is 10. The van der Waals surface area contributed by atoms with E-state index in [9.17, 15) is 9.59 Å². The summed E-state index contributed by atoms with van der Waals surface area (Å²) in [5.74, 6) is 6.93. The Balaban J connectivity index is 0.992. The van der Waals surface area contributed by atoms with Crippen LogP contribution in [-0.4, -0.2) is 34.8 Å². The number of nitrogens with one attached hydrogen (secondary N) is 1. The lowest BCUT2D eigenvalue weighted by Gasteiger charge is -2.24. The van der Waals surface area contributed by atoms with Gasteiger partial charge in [0.05, 0.1) is 12.2 Å². The molecule has 164 valence electrons. The van der Waals surface area contributed by atoms with Crippen LogP contribution in [0.3, 0.4) is 0 Å². The minimum Gasteiger partial charge on any atom is -0.354 e. The summed E-state index contributed by atoms with van der Waals surface area (Å²) in [6.45, 7) is 1.72. The highest BCUT2D eigenvalue weighted by atomic mass is 16.2. The zero-order valence-electron chi connectivity index (χ0n) is 18.2. The molecule has 1 N–H and O–H groups in total. The van der Waals surface area contributed by atoms with Gasteiger partial charge in [0.25, 0.3) is 0 Å². The fourth-order valence-electron chi connectivity index (χ4n) is 8.93. The van der Waals surface area contributed by atoms with Crippen molar-refractivity contribution in [1.82, 2.24) is 15.2 Å². The van der Waals surface area contributed by atoms with E-state index in [2.05, 4.69) is 10.3 Å². The number of amides is 2. The van der Waals surface area contributed by atoms with Crippen LogP contribution in [0.4, 0.5) is 0 Å². The van der Waals surface area contributed by atoms with Gasteiger partial charge in [-0.1, -0.05) is 6.07 Å². The van der Waals surface area contributed by atoms with Gasteiger partial charge in [-0.05, 0) is 98.0 Å². The molecule has 5 nitrogen and oxygen atoms in total. The molecule has 0 saturated heterocycles. The molecule has 2 amide bonds. The van der Waals surface area contributed by atoms with Crippen LogP contribution in [0.1, 0.15) is 44.2 Å². The first-order valence-corrected chi connectivity index (χ1v) is 12.7. The molecular formula is C26H33N3O2. The first-order valence-electron chi connectivity index (χ1n) is 12.7. The number of pyridine rings is 1. The van der Waals surface area contributed by atoms with Crippen LogP contribution < -0.4 is 5.32 Å². The van der Waals surface area contributed by atoms with Crippen molar-refractivity contribution in [2.75, 3.05) is 13.1 Å². The predicted molar refractivity (Wildman–Crippen MR) is 115 cm³/mol. The van der Waals surface area contributed by atoms with Gasteiger partial charge in [-0.15, -0.1) is 0 Å². The summed E-state index contributed by atoms with van der Waals surface area (Å²) in [4.78, 5) is 32.8. The molecule has 4 bridgehead atoms. The molecule has 1 aromatic rings. The van der Waals surface area contributed by atoms with E-state index in [0.29, 0.717) is 49.2 Å². The smallest absolute Gasteiger partial charge is 0.226 e. The summed E-state index contributed by atoms with van der Waals surface area (Å²) < 4.78 is 0. The van der Waals surface area contributed by atoms with Crippen LogP contribution in [0.5, 0.6) is 0 Å². The standard InChI is InChI=1S/C26H33N3O2/c30-25(23-19-14-4-5-15(11-14)20(19)23)28-9-10-29(13-18-3-1-2-8-27-18)26(31)24-21-16-6-7-17(12-16)22(21)24/h1-3,8,14-17,19-24H,4-7,9-13H2,(H,28,30)/t14-,15-,16-,17-,19-,20-,21-,22+,24?/m0/s1. The Bertz CT molecular complexity index is 871. The molecule has 0 aliphatic heterocycles. The van der Waals surface area contributed by atoms with Crippen LogP contribution in [0.15, 0.2) is 24.4 Å². The summed E-state index contributed by atoms with van der Waals surface area (Å²) in [7, 11) is 0. The number of aromatic nitrogens is 1. The Morgan fingerprint density at radius 2 is 1.52 bits per heavy atom. The van der Waals surface area contributed by atoms with E-state index in [0.717, 1.165) is 29.4 Å². The molecular weight excluding hydrogens is 386 g/mol. The van der Waals surface area contributed by atoms with Crippen molar-refractivity contribution in [3.8, 4) is 0 Å². The van der Waals surface area contributed by atoms with Crippen molar-refractivity contribution in [2.45, 2.75) is 45.1 Å². The third-order valence-corrected chi connectivity index (χ3v) is 10.1. The fraction of sp³-hybridized carbons (Fsp3) is 0.731. The van der Waals surface area contributed by atoms with Crippen molar-refractivity contribution in [1.29, 1.82) is 0 Å². The number of nitrogens with zero attached hydrogens (tertiary/aromatic N) is 2. The van der Waals surface area contributed by atoms with Gasteiger partial charge in [-0.3, -0.25) is 14.6 Å². The molecule has 9 atom stereocenters.